The number of fused-ring (bicyclic) bond motifs is 1. The summed E-state index contributed by atoms with van der Waals surface area (Å²) >= 11 is 0. The largest absolute Gasteiger partial charge is 0.486 e. The van der Waals surface area contributed by atoms with Gasteiger partial charge in [-0.25, -0.2) is 4.79 Å². The summed E-state index contributed by atoms with van der Waals surface area (Å²) in [5.74, 6) is 3.05. The maximum absolute atomic E-state index is 12.7. The molecule has 3 aliphatic rings. The van der Waals surface area contributed by atoms with E-state index in [1.165, 1.54) is 25.7 Å². The molecule has 142 valence electrons. The summed E-state index contributed by atoms with van der Waals surface area (Å²) in [6.45, 7) is 6.08. The number of nitrogens with one attached hydrogen (secondary N) is 1. The van der Waals surface area contributed by atoms with E-state index in [4.69, 9.17) is 9.47 Å². The van der Waals surface area contributed by atoms with Crippen molar-refractivity contribution in [1.82, 2.24) is 10.2 Å². The van der Waals surface area contributed by atoms with Crippen LogP contribution < -0.4 is 14.8 Å². The molecule has 0 saturated heterocycles. The monoisotopic (exact) mass is 358 g/mol. The molecule has 5 heteroatoms. The Morgan fingerprint density at radius 3 is 2.38 bits per heavy atom. The van der Waals surface area contributed by atoms with Crippen LogP contribution in [0.2, 0.25) is 0 Å². The quantitative estimate of drug-likeness (QED) is 0.846. The first-order chi connectivity index (χ1) is 12.5. The number of carbonyl (C=O) groups is 1. The van der Waals surface area contributed by atoms with Crippen LogP contribution in [-0.4, -0.2) is 43.8 Å². The molecule has 1 N–H and O–H groups in total. The normalized spacial score (nSPS) is 19.4. The lowest BCUT2D eigenvalue weighted by Gasteiger charge is -2.32. The van der Waals surface area contributed by atoms with Gasteiger partial charge in [-0.2, -0.15) is 0 Å². The number of ether oxygens (including phenoxy) is 2. The molecule has 0 spiro atoms. The fourth-order valence-corrected chi connectivity index (χ4v) is 4.02. The van der Waals surface area contributed by atoms with Crippen molar-refractivity contribution < 1.29 is 14.3 Å². The van der Waals surface area contributed by atoms with E-state index in [1.54, 1.807) is 0 Å². The van der Waals surface area contributed by atoms with Gasteiger partial charge in [-0.3, -0.25) is 0 Å². The van der Waals surface area contributed by atoms with E-state index in [2.05, 4.69) is 25.2 Å². The number of urea groups is 1. The average molecular weight is 358 g/mol. The standard InChI is InChI=1S/C21H30N2O3/c1-21(2,16-8-9-17-18(12-16)26-11-10-25-17)13-22-20(24)23(3)19(14-4-5-14)15-6-7-15/h8-9,12,14-15,19H,4-7,10-11,13H2,1-3H3,(H,22,24). The van der Waals surface area contributed by atoms with Crippen LogP contribution in [0.4, 0.5) is 4.79 Å². The second-order valence-electron chi connectivity index (χ2n) is 8.68. The molecule has 0 bridgehead atoms. The SMILES string of the molecule is CN(C(=O)NCC(C)(C)c1ccc2c(c1)OCCO2)C(C1CC1)C1CC1. The topological polar surface area (TPSA) is 50.8 Å². The molecule has 2 saturated carbocycles. The molecule has 0 aromatic heterocycles. The third kappa shape index (κ3) is 3.62. The summed E-state index contributed by atoms with van der Waals surface area (Å²) in [7, 11) is 1.97. The van der Waals surface area contributed by atoms with E-state index < -0.39 is 0 Å². The molecule has 1 heterocycles. The van der Waals surface area contributed by atoms with Crippen molar-refractivity contribution >= 4 is 6.03 Å². The predicted molar refractivity (Wildman–Crippen MR) is 101 cm³/mol. The molecule has 0 unspecified atom stereocenters. The first-order valence-electron chi connectivity index (χ1n) is 9.86. The van der Waals surface area contributed by atoms with Crippen molar-refractivity contribution in [3.8, 4) is 11.5 Å². The van der Waals surface area contributed by atoms with Gasteiger partial charge in [0.15, 0.2) is 11.5 Å². The second kappa shape index (κ2) is 6.67. The molecule has 2 aliphatic carbocycles. The molecule has 1 aliphatic heterocycles. The van der Waals surface area contributed by atoms with E-state index in [-0.39, 0.29) is 11.4 Å². The fourth-order valence-electron chi connectivity index (χ4n) is 4.02. The highest BCUT2D eigenvalue weighted by molar-refractivity contribution is 5.74. The van der Waals surface area contributed by atoms with Gasteiger partial charge in [0.25, 0.3) is 0 Å². The maximum atomic E-state index is 12.7. The highest BCUT2D eigenvalue weighted by Crippen LogP contribution is 2.46. The fraction of sp³-hybridized carbons (Fsp3) is 0.667. The molecule has 26 heavy (non-hydrogen) atoms. The van der Waals surface area contributed by atoms with E-state index in [0.717, 1.165) is 28.9 Å². The van der Waals surface area contributed by atoms with Gasteiger partial charge in [0.05, 0.1) is 0 Å². The molecule has 5 nitrogen and oxygen atoms in total. The van der Waals surface area contributed by atoms with E-state index in [0.29, 0.717) is 25.8 Å². The number of amides is 2. The number of nitrogens with zero attached hydrogens (tertiary/aromatic N) is 1. The first kappa shape index (κ1) is 17.5. The van der Waals surface area contributed by atoms with Gasteiger partial charge in [0.2, 0.25) is 0 Å². The lowest BCUT2D eigenvalue weighted by molar-refractivity contribution is 0.170. The molecule has 0 radical (unpaired) electrons. The Bertz CT molecular complexity index is 668. The highest BCUT2D eigenvalue weighted by atomic mass is 16.6. The third-order valence-corrected chi connectivity index (χ3v) is 5.98. The third-order valence-electron chi connectivity index (χ3n) is 5.98. The number of hydrogen-bond donors (Lipinski definition) is 1. The van der Waals surface area contributed by atoms with Gasteiger partial charge in [-0.15, -0.1) is 0 Å². The van der Waals surface area contributed by atoms with Crippen molar-refractivity contribution in [1.29, 1.82) is 0 Å². The highest BCUT2D eigenvalue weighted by Gasteiger charge is 2.45. The van der Waals surface area contributed by atoms with E-state index in [1.807, 2.05) is 24.1 Å². The predicted octanol–water partition coefficient (Wildman–Crippen LogP) is 3.57. The number of hydrogen-bond acceptors (Lipinski definition) is 3. The zero-order chi connectivity index (χ0) is 18.3. The van der Waals surface area contributed by atoms with Gasteiger partial charge < -0.3 is 19.7 Å². The Morgan fingerprint density at radius 1 is 1.15 bits per heavy atom. The molecule has 1 aromatic carbocycles. The summed E-state index contributed by atoms with van der Waals surface area (Å²) in [5.41, 5.74) is 0.965. The first-order valence-corrected chi connectivity index (χ1v) is 9.86. The van der Waals surface area contributed by atoms with Gasteiger partial charge in [-0.05, 0) is 55.2 Å². The van der Waals surface area contributed by atoms with Gasteiger partial charge in [0, 0.05) is 25.0 Å². The Labute approximate surface area is 156 Å². The maximum Gasteiger partial charge on any atom is 0.317 e. The number of rotatable bonds is 6. The minimum absolute atomic E-state index is 0.0550. The lowest BCUT2D eigenvalue weighted by Crippen LogP contribution is -2.48. The van der Waals surface area contributed by atoms with Crippen LogP contribution in [0.3, 0.4) is 0 Å². The van der Waals surface area contributed by atoms with Crippen LogP contribution in [0.1, 0.15) is 45.1 Å². The summed E-state index contributed by atoms with van der Waals surface area (Å²) in [4.78, 5) is 14.7. The lowest BCUT2D eigenvalue weighted by atomic mass is 9.84. The molecule has 0 atom stereocenters. The van der Waals surface area contributed by atoms with Crippen molar-refractivity contribution in [2.24, 2.45) is 11.8 Å². The zero-order valence-electron chi connectivity index (χ0n) is 16.1. The Balaban J connectivity index is 1.38. The van der Waals surface area contributed by atoms with Gasteiger partial charge in [-0.1, -0.05) is 19.9 Å². The van der Waals surface area contributed by atoms with Gasteiger partial charge >= 0.3 is 6.03 Å². The molecular weight excluding hydrogens is 328 g/mol. The Kier molecular flexibility index (Phi) is 4.49. The average Bonchev–Trinajstić information content (AvgIpc) is 3.54. The minimum Gasteiger partial charge on any atom is -0.486 e. The Hall–Kier alpha value is -1.91. The molecule has 2 amide bonds. The van der Waals surface area contributed by atoms with Crippen LogP contribution in [-0.2, 0) is 5.41 Å². The van der Waals surface area contributed by atoms with Crippen LogP contribution in [0, 0.1) is 11.8 Å². The van der Waals surface area contributed by atoms with Crippen molar-refractivity contribution in [3.63, 3.8) is 0 Å². The summed E-state index contributed by atoms with van der Waals surface area (Å²) in [6, 6.07) is 6.57. The smallest absolute Gasteiger partial charge is 0.317 e. The molecule has 2 fully saturated rings. The second-order valence-corrected chi connectivity index (χ2v) is 8.68. The van der Waals surface area contributed by atoms with Crippen molar-refractivity contribution in [3.05, 3.63) is 23.8 Å². The number of benzene rings is 1. The van der Waals surface area contributed by atoms with Crippen molar-refractivity contribution in [2.45, 2.75) is 51.0 Å². The summed E-state index contributed by atoms with van der Waals surface area (Å²) < 4.78 is 11.3. The van der Waals surface area contributed by atoms with E-state index >= 15 is 0 Å². The molecule has 1 aromatic rings. The minimum atomic E-state index is -0.180. The zero-order valence-corrected chi connectivity index (χ0v) is 16.1. The van der Waals surface area contributed by atoms with Crippen LogP contribution in [0.5, 0.6) is 11.5 Å². The van der Waals surface area contributed by atoms with Crippen LogP contribution >= 0.6 is 0 Å². The molecule has 4 rings (SSSR count). The number of carbonyl (C=O) groups excluding carboxylic acids is 1. The van der Waals surface area contributed by atoms with Crippen molar-refractivity contribution in [2.75, 3.05) is 26.8 Å². The molecular formula is C21H30N2O3. The van der Waals surface area contributed by atoms with Crippen LogP contribution in [0.15, 0.2) is 18.2 Å². The van der Waals surface area contributed by atoms with Gasteiger partial charge in [0.1, 0.15) is 13.2 Å². The summed E-state index contributed by atoms with van der Waals surface area (Å²) in [6.07, 6.45) is 5.12. The summed E-state index contributed by atoms with van der Waals surface area (Å²) in [5, 5.41) is 3.16. The Morgan fingerprint density at radius 2 is 1.77 bits per heavy atom. The van der Waals surface area contributed by atoms with E-state index in [9.17, 15) is 4.79 Å². The van der Waals surface area contributed by atoms with Crippen LogP contribution in [0.25, 0.3) is 0 Å².